The van der Waals surface area contributed by atoms with Crippen LogP contribution in [-0.2, 0) is 4.74 Å². The molecule has 1 aromatic rings. The Hall–Kier alpha value is -1.64. The van der Waals surface area contributed by atoms with Crippen molar-refractivity contribution in [2.75, 3.05) is 37.8 Å². The van der Waals surface area contributed by atoms with Crippen LogP contribution >= 0.6 is 0 Å². The molecular weight excluding hydrogens is 218 g/mol. The van der Waals surface area contributed by atoms with E-state index in [2.05, 4.69) is 9.88 Å². The number of nitriles is 1. The molecule has 0 amide bonds. The van der Waals surface area contributed by atoms with Crippen molar-refractivity contribution in [1.29, 1.82) is 5.26 Å². The molecule has 0 bridgehead atoms. The van der Waals surface area contributed by atoms with Crippen LogP contribution in [0.1, 0.15) is 12.6 Å². The lowest BCUT2D eigenvalue weighted by molar-refractivity contribution is 0.0967. The summed E-state index contributed by atoms with van der Waals surface area (Å²) in [5.74, 6) is 0. The molecule has 1 heterocycles. The standard InChI is InChI=1S/C12H17N3O2/c1-2-15(5-7-17-8-6-16)12-4-3-11(9-13)14-10-12/h3-4,10,16H,2,5-8H2,1H3. The highest BCUT2D eigenvalue weighted by Crippen LogP contribution is 2.12. The molecule has 5 heteroatoms. The molecule has 0 atom stereocenters. The van der Waals surface area contributed by atoms with Gasteiger partial charge in [0.05, 0.1) is 31.7 Å². The van der Waals surface area contributed by atoms with Crippen molar-refractivity contribution >= 4 is 5.69 Å². The lowest BCUT2D eigenvalue weighted by Crippen LogP contribution is -2.27. The average molecular weight is 235 g/mol. The van der Waals surface area contributed by atoms with Gasteiger partial charge in [-0.2, -0.15) is 5.26 Å². The summed E-state index contributed by atoms with van der Waals surface area (Å²) in [5, 5.41) is 17.2. The Balaban J connectivity index is 2.51. The molecule has 0 aliphatic carbocycles. The quantitative estimate of drug-likeness (QED) is 0.707. The van der Waals surface area contributed by atoms with E-state index < -0.39 is 0 Å². The molecule has 92 valence electrons. The fourth-order valence-electron chi connectivity index (χ4n) is 1.45. The maximum atomic E-state index is 8.65. The van der Waals surface area contributed by atoms with Gasteiger partial charge in [0, 0.05) is 13.1 Å². The smallest absolute Gasteiger partial charge is 0.140 e. The number of nitrogens with zero attached hydrogens (tertiary/aromatic N) is 3. The largest absolute Gasteiger partial charge is 0.394 e. The third kappa shape index (κ3) is 4.39. The van der Waals surface area contributed by atoms with Gasteiger partial charge in [-0.05, 0) is 19.1 Å². The molecule has 1 N–H and O–H groups in total. The molecule has 1 rings (SSSR count). The summed E-state index contributed by atoms with van der Waals surface area (Å²) < 4.78 is 5.22. The minimum atomic E-state index is 0.0462. The van der Waals surface area contributed by atoms with Gasteiger partial charge in [-0.15, -0.1) is 0 Å². The highest BCUT2D eigenvalue weighted by molar-refractivity contribution is 5.45. The third-order valence-electron chi connectivity index (χ3n) is 2.35. The van der Waals surface area contributed by atoms with E-state index in [1.165, 1.54) is 0 Å². The zero-order valence-corrected chi connectivity index (χ0v) is 9.96. The van der Waals surface area contributed by atoms with E-state index in [0.717, 1.165) is 18.8 Å². The Morgan fingerprint density at radius 1 is 1.47 bits per heavy atom. The van der Waals surface area contributed by atoms with Gasteiger partial charge >= 0.3 is 0 Å². The van der Waals surface area contributed by atoms with E-state index in [1.54, 1.807) is 12.3 Å². The monoisotopic (exact) mass is 235 g/mol. The molecule has 0 unspecified atom stereocenters. The Morgan fingerprint density at radius 3 is 2.82 bits per heavy atom. The summed E-state index contributed by atoms with van der Waals surface area (Å²) in [6, 6.07) is 5.57. The van der Waals surface area contributed by atoms with Gasteiger partial charge in [0.15, 0.2) is 0 Å². The fraction of sp³-hybridized carbons (Fsp3) is 0.500. The van der Waals surface area contributed by atoms with Crippen LogP contribution in [0.15, 0.2) is 18.3 Å². The van der Waals surface area contributed by atoms with Gasteiger partial charge in [0.2, 0.25) is 0 Å². The predicted octanol–water partition coefficient (Wildman–Crippen LogP) is 0.788. The number of pyridine rings is 1. The van der Waals surface area contributed by atoms with Crippen LogP contribution in [0.5, 0.6) is 0 Å². The van der Waals surface area contributed by atoms with Crippen LogP contribution in [0.2, 0.25) is 0 Å². The molecule has 0 aliphatic heterocycles. The van der Waals surface area contributed by atoms with Crippen molar-refractivity contribution < 1.29 is 9.84 Å². The topological polar surface area (TPSA) is 69.4 Å². The zero-order valence-electron chi connectivity index (χ0n) is 9.96. The molecule has 0 spiro atoms. The summed E-state index contributed by atoms with van der Waals surface area (Å²) in [7, 11) is 0. The van der Waals surface area contributed by atoms with Crippen LogP contribution in [-0.4, -0.2) is 43.0 Å². The molecular formula is C12H17N3O2. The Labute approximate surface area is 101 Å². The first-order valence-electron chi connectivity index (χ1n) is 5.61. The Kier molecular flexibility index (Phi) is 6.00. The first-order valence-corrected chi connectivity index (χ1v) is 5.61. The minimum absolute atomic E-state index is 0.0462. The molecule has 5 nitrogen and oxygen atoms in total. The number of rotatable bonds is 7. The Morgan fingerprint density at radius 2 is 2.29 bits per heavy atom. The van der Waals surface area contributed by atoms with Gasteiger partial charge in [0.1, 0.15) is 11.8 Å². The van der Waals surface area contributed by atoms with Gasteiger partial charge in [-0.3, -0.25) is 0 Å². The van der Waals surface area contributed by atoms with Crippen molar-refractivity contribution in [3.8, 4) is 6.07 Å². The van der Waals surface area contributed by atoms with E-state index in [-0.39, 0.29) is 6.61 Å². The predicted molar refractivity (Wildman–Crippen MR) is 64.7 cm³/mol. The lowest BCUT2D eigenvalue weighted by Gasteiger charge is -2.22. The second-order valence-corrected chi connectivity index (χ2v) is 3.43. The van der Waals surface area contributed by atoms with Crippen molar-refractivity contribution in [2.24, 2.45) is 0 Å². The van der Waals surface area contributed by atoms with Gasteiger partial charge in [0.25, 0.3) is 0 Å². The number of aliphatic hydroxyl groups is 1. The van der Waals surface area contributed by atoms with E-state index >= 15 is 0 Å². The maximum Gasteiger partial charge on any atom is 0.140 e. The second kappa shape index (κ2) is 7.60. The SMILES string of the molecule is CCN(CCOCCO)c1ccc(C#N)nc1. The maximum absolute atomic E-state index is 8.65. The normalized spacial score (nSPS) is 9.94. The highest BCUT2D eigenvalue weighted by atomic mass is 16.5. The summed E-state index contributed by atoms with van der Waals surface area (Å²) in [5.41, 5.74) is 1.39. The molecule has 0 aromatic carbocycles. The number of likely N-dealkylation sites (N-methyl/N-ethyl adjacent to an activating group) is 1. The van der Waals surface area contributed by atoms with Crippen molar-refractivity contribution in [3.05, 3.63) is 24.0 Å². The molecule has 0 radical (unpaired) electrons. The highest BCUT2D eigenvalue weighted by Gasteiger charge is 2.04. The van der Waals surface area contributed by atoms with E-state index in [4.69, 9.17) is 15.1 Å². The first kappa shape index (κ1) is 13.4. The zero-order chi connectivity index (χ0) is 12.5. The van der Waals surface area contributed by atoms with E-state index in [0.29, 0.717) is 18.9 Å². The van der Waals surface area contributed by atoms with Crippen LogP contribution in [0.25, 0.3) is 0 Å². The number of aromatic nitrogens is 1. The number of hydrogen-bond donors (Lipinski definition) is 1. The summed E-state index contributed by atoms with van der Waals surface area (Å²) in [4.78, 5) is 6.13. The molecule has 1 aromatic heterocycles. The third-order valence-corrected chi connectivity index (χ3v) is 2.35. The minimum Gasteiger partial charge on any atom is -0.394 e. The fourth-order valence-corrected chi connectivity index (χ4v) is 1.45. The average Bonchev–Trinajstić information content (AvgIpc) is 2.39. The van der Waals surface area contributed by atoms with Crippen molar-refractivity contribution in [2.45, 2.75) is 6.92 Å². The van der Waals surface area contributed by atoms with Crippen LogP contribution in [0, 0.1) is 11.3 Å². The Bertz CT molecular complexity index is 359. The van der Waals surface area contributed by atoms with Crippen molar-refractivity contribution in [1.82, 2.24) is 4.98 Å². The number of anilines is 1. The molecule has 0 saturated heterocycles. The number of aliphatic hydroxyl groups excluding tert-OH is 1. The van der Waals surface area contributed by atoms with Crippen LogP contribution in [0.3, 0.4) is 0 Å². The van der Waals surface area contributed by atoms with Gasteiger partial charge in [-0.25, -0.2) is 4.98 Å². The number of hydrogen-bond acceptors (Lipinski definition) is 5. The molecule has 0 fully saturated rings. The molecule has 0 aliphatic rings. The first-order chi connectivity index (χ1) is 8.31. The van der Waals surface area contributed by atoms with E-state index in [9.17, 15) is 0 Å². The van der Waals surface area contributed by atoms with Crippen molar-refractivity contribution in [3.63, 3.8) is 0 Å². The van der Waals surface area contributed by atoms with Crippen LogP contribution < -0.4 is 4.90 Å². The lowest BCUT2D eigenvalue weighted by atomic mass is 10.3. The molecule has 0 saturated carbocycles. The van der Waals surface area contributed by atoms with Crippen LogP contribution in [0.4, 0.5) is 5.69 Å². The van der Waals surface area contributed by atoms with Gasteiger partial charge in [-0.1, -0.05) is 0 Å². The molecule has 17 heavy (non-hydrogen) atoms. The summed E-state index contributed by atoms with van der Waals surface area (Å²) in [6.07, 6.45) is 1.69. The van der Waals surface area contributed by atoms with E-state index in [1.807, 2.05) is 19.1 Å². The second-order valence-electron chi connectivity index (χ2n) is 3.43. The summed E-state index contributed by atoms with van der Waals surface area (Å²) in [6.45, 7) is 4.60. The number of ether oxygens (including phenoxy) is 1. The summed E-state index contributed by atoms with van der Waals surface area (Å²) >= 11 is 0. The van der Waals surface area contributed by atoms with Gasteiger partial charge < -0.3 is 14.7 Å².